The first-order valence-corrected chi connectivity index (χ1v) is 8.03. The molecular weight excluding hydrogens is 348 g/mol. The van der Waals surface area contributed by atoms with Crippen molar-refractivity contribution >= 4 is 38.7 Å². The summed E-state index contributed by atoms with van der Waals surface area (Å²) in [5, 5.41) is 12.8. The number of aliphatic imine (C=N–C) groups is 1. The number of thioether (sulfide) groups is 1. The second-order valence-electron chi connectivity index (χ2n) is 4.73. The van der Waals surface area contributed by atoms with Gasteiger partial charge in [0.2, 0.25) is 0 Å². The maximum Gasteiger partial charge on any atom is 0.339 e. The zero-order valence-corrected chi connectivity index (χ0v) is 14.1. The molecule has 2 heterocycles. The quantitative estimate of drug-likeness (QED) is 0.339. The van der Waals surface area contributed by atoms with Crippen LogP contribution >= 0.6 is 27.7 Å². The number of nitrogens with zero attached hydrogens (tertiary/aromatic N) is 1. The van der Waals surface area contributed by atoms with Crippen molar-refractivity contribution in [1.82, 2.24) is 0 Å². The molecule has 1 fully saturated rings. The van der Waals surface area contributed by atoms with Crippen LogP contribution in [0.1, 0.15) is 13.8 Å². The summed E-state index contributed by atoms with van der Waals surface area (Å²) in [5.41, 5.74) is 1.18. The Balaban J connectivity index is 2.40. The summed E-state index contributed by atoms with van der Waals surface area (Å²) in [6.45, 7) is 3.65. The molecule has 0 amide bonds. The maximum absolute atomic E-state index is 12.5. The highest BCUT2D eigenvalue weighted by Gasteiger charge is 2.69. The van der Waals surface area contributed by atoms with E-state index in [1.807, 2.05) is 6.92 Å². The van der Waals surface area contributed by atoms with Crippen molar-refractivity contribution in [3.05, 3.63) is 16.4 Å². The van der Waals surface area contributed by atoms with Gasteiger partial charge in [0.25, 0.3) is 5.06 Å². The van der Waals surface area contributed by atoms with Gasteiger partial charge in [-0.15, -0.1) is 0 Å². The third-order valence-corrected chi connectivity index (χ3v) is 5.79. The fourth-order valence-electron chi connectivity index (χ4n) is 2.64. The van der Waals surface area contributed by atoms with Gasteiger partial charge in [-0.05, 0) is 31.2 Å². The van der Waals surface area contributed by atoms with Gasteiger partial charge in [-0.1, -0.05) is 15.9 Å². The van der Waals surface area contributed by atoms with Crippen molar-refractivity contribution in [1.29, 1.82) is 0 Å². The van der Waals surface area contributed by atoms with Crippen LogP contribution in [0.5, 0.6) is 0 Å². The number of ether oxygens (including phenoxy) is 2. The van der Waals surface area contributed by atoms with Crippen LogP contribution in [0, 0.1) is 5.21 Å². The van der Waals surface area contributed by atoms with Crippen LogP contribution in [0.4, 0.5) is 0 Å². The van der Waals surface area contributed by atoms with Crippen molar-refractivity contribution in [2.24, 2.45) is 4.99 Å². The van der Waals surface area contributed by atoms with Gasteiger partial charge in [-0.2, -0.15) is 0 Å². The second kappa shape index (κ2) is 5.76. The van der Waals surface area contributed by atoms with Crippen molar-refractivity contribution in [2.75, 3.05) is 19.5 Å². The number of esters is 1. The third-order valence-electron chi connectivity index (χ3n) is 3.63. The maximum atomic E-state index is 12.5. The molecule has 2 rings (SSSR count). The van der Waals surface area contributed by atoms with E-state index in [1.165, 1.54) is 26.0 Å². The molecule has 20 heavy (non-hydrogen) atoms. The van der Waals surface area contributed by atoms with E-state index >= 15 is 0 Å². The van der Waals surface area contributed by atoms with Crippen molar-refractivity contribution in [2.45, 2.75) is 31.0 Å². The molecule has 1 N–H and O–H groups in total. The number of quaternary nitrogens is 1. The Morgan fingerprint density at radius 1 is 1.60 bits per heavy atom. The average molecular weight is 365 g/mol. The number of carbonyl (C=O) groups is 1. The Morgan fingerprint density at radius 2 is 2.25 bits per heavy atom. The Labute approximate surface area is 130 Å². The molecule has 4 unspecified atom stereocenters. The van der Waals surface area contributed by atoms with Gasteiger partial charge in [0, 0.05) is 12.4 Å². The van der Waals surface area contributed by atoms with Gasteiger partial charge in [0.1, 0.15) is 0 Å². The molecule has 6 nitrogen and oxygen atoms in total. The molecule has 0 aromatic heterocycles. The number of methoxy groups -OCH3 is 2. The number of alkyl halides is 1. The molecular formula is C12H17BrN2O4S. The predicted octanol–water partition coefficient (Wildman–Crippen LogP) is 0.470. The van der Waals surface area contributed by atoms with E-state index in [0.29, 0.717) is 10.9 Å². The molecule has 2 aliphatic rings. The standard InChI is InChI=1S/C12H17BrN2O4S/c1-6(5-13)8(11(16)18-3)9-10-12(19-4,15(9)17)20-7(2)14-10/h9-10,15H,5H2,1-4H3. The molecule has 0 aromatic rings. The minimum Gasteiger partial charge on any atom is -0.631 e. The first-order chi connectivity index (χ1) is 9.42. The van der Waals surface area contributed by atoms with E-state index < -0.39 is 17.1 Å². The van der Waals surface area contributed by atoms with Crippen LogP contribution in [0.15, 0.2) is 16.1 Å². The summed E-state index contributed by atoms with van der Waals surface area (Å²) in [6.07, 6.45) is 0. The number of hydrogen-bond acceptors (Lipinski definition) is 6. The van der Waals surface area contributed by atoms with Gasteiger partial charge < -0.3 is 19.7 Å². The third kappa shape index (κ3) is 2.14. The number of halogens is 1. The fourth-order valence-corrected chi connectivity index (χ4v) is 4.17. The van der Waals surface area contributed by atoms with E-state index in [1.54, 1.807) is 6.92 Å². The minimum atomic E-state index is -0.958. The van der Waals surface area contributed by atoms with E-state index in [4.69, 9.17) is 9.47 Å². The molecule has 112 valence electrons. The predicted molar refractivity (Wildman–Crippen MR) is 80.9 cm³/mol. The zero-order chi connectivity index (χ0) is 15.1. The number of nitrogens with one attached hydrogen (secondary N) is 1. The lowest BCUT2D eigenvalue weighted by atomic mass is 9.87. The molecule has 0 radical (unpaired) electrons. The number of carbonyl (C=O) groups excluding carboxylic acids is 1. The molecule has 0 aliphatic carbocycles. The van der Waals surface area contributed by atoms with Crippen molar-refractivity contribution in [3.8, 4) is 0 Å². The first-order valence-electron chi connectivity index (χ1n) is 6.09. The van der Waals surface area contributed by atoms with Crippen molar-refractivity contribution in [3.63, 3.8) is 0 Å². The summed E-state index contributed by atoms with van der Waals surface area (Å²) >= 11 is 4.64. The number of rotatable bonds is 4. The molecule has 0 bridgehead atoms. The Hall–Kier alpha value is -0.410. The topological polar surface area (TPSA) is 75.4 Å². The van der Waals surface area contributed by atoms with Gasteiger partial charge in [-0.3, -0.25) is 4.99 Å². The van der Waals surface area contributed by atoms with Crippen LogP contribution in [0.2, 0.25) is 0 Å². The molecule has 4 atom stereocenters. The minimum absolute atomic E-state index is 0.115. The highest BCUT2D eigenvalue weighted by atomic mass is 79.9. The number of hydrogen-bond donors (Lipinski definition) is 1. The zero-order valence-electron chi connectivity index (χ0n) is 11.7. The Bertz CT molecular complexity index is 496. The summed E-state index contributed by atoms with van der Waals surface area (Å²) in [4.78, 5) is 16.5. The lowest BCUT2D eigenvalue weighted by molar-refractivity contribution is -0.981. The summed E-state index contributed by atoms with van der Waals surface area (Å²) < 4.78 is 10.2. The largest absolute Gasteiger partial charge is 0.631 e. The summed E-state index contributed by atoms with van der Waals surface area (Å²) in [7, 11) is 2.82. The Kier molecular flexibility index (Phi) is 4.60. The molecule has 2 aliphatic heterocycles. The van der Waals surface area contributed by atoms with Crippen LogP contribution in [0.3, 0.4) is 0 Å². The lowest BCUT2D eigenvalue weighted by Crippen LogP contribution is -3.30. The van der Waals surface area contributed by atoms with E-state index in [0.717, 1.165) is 10.6 Å². The highest BCUT2D eigenvalue weighted by Crippen LogP contribution is 2.43. The van der Waals surface area contributed by atoms with Gasteiger partial charge in [0.15, 0.2) is 12.1 Å². The first kappa shape index (κ1) is 16.0. The SMILES string of the molecule is COC(=O)C(=C(C)CBr)C1C2N=C(C)SC2(OC)[NH+]1[O-]. The normalized spacial score (nSPS) is 36.7. The summed E-state index contributed by atoms with van der Waals surface area (Å²) in [6, 6.07) is -0.932. The molecule has 0 saturated carbocycles. The van der Waals surface area contributed by atoms with E-state index in [2.05, 4.69) is 20.9 Å². The smallest absolute Gasteiger partial charge is 0.339 e. The monoisotopic (exact) mass is 364 g/mol. The molecule has 0 aromatic carbocycles. The number of hydroxylamine groups is 2. The fraction of sp³-hybridized carbons (Fsp3) is 0.667. The Morgan fingerprint density at radius 3 is 2.75 bits per heavy atom. The average Bonchev–Trinajstić information content (AvgIpc) is 2.76. The lowest BCUT2D eigenvalue weighted by Gasteiger charge is -2.56. The second-order valence-corrected chi connectivity index (χ2v) is 6.69. The van der Waals surface area contributed by atoms with Gasteiger partial charge in [-0.25, -0.2) is 4.79 Å². The summed E-state index contributed by atoms with van der Waals surface area (Å²) in [5.74, 6) is -0.477. The van der Waals surface area contributed by atoms with E-state index in [-0.39, 0.29) is 11.1 Å². The highest BCUT2D eigenvalue weighted by molar-refractivity contribution is 9.09. The van der Waals surface area contributed by atoms with Crippen molar-refractivity contribution < 1.29 is 19.3 Å². The molecule has 8 heteroatoms. The van der Waals surface area contributed by atoms with Crippen LogP contribution in [-0.2, 0) is 14.3 Å². The number of fused-ring (bicyclic) bond motifs is 1. The van der Waals surface area contributed by atoms with Gasteiger partial charge >= 0.3 is 5.97 Å². The molecule has 1 saturated heterocycles. The van der Waals surface area contributed by atoms with E-state index in [9.17, 15) is 10.0 Å². The van der Waals surface area contributed by atoms with Gasteiger partial charge in [0.05, 0.1) is 17.7 Å². The van der Waals surface area contributed by atoms with Crippen LogP contribution < -0.4 is 5.06 Å². The van der Waals surface area contributed by atoms with Crippen LogP contribution in [-0.4, -0.2) is 47.7 Å². The molecule has 0 spiro atoms. The van der Waals surface area contributed by atoms with Crippen LogP contribution in [0.25, 0.3) is 0 Å². The number of allylic oxidation sites excluding steroid dienone is 1.